The Morgan fingerprint density at radius 2 is 1.68 bits per heavy atom. The lowest BCUT2D eigenvalue weighted by atomic mass is 10.1. The Morgan fingerprint density at radius 3 is 2.39 bits per heavy atom. The van der Waals surface area contributed by atoms with E-state index in [0.717, 1.165) is 18.4 Å². The number of anilines is 1. The van der Waals surface area contributed by atoms with Gasteiger partial charge in [0.1, 0.15) is 16.9 Å². The van der Waals surface area contributed by atoms with Gasteiger partial charge in [-0.15, -0.1) is 0 Å². The number of amides is 1. The van der Waals surface area contributed by atoms with E-state index >= 15 is 0 Å². The number of benzene rings is 3. The van der Waals surface area contributed by atoms with Crippen LogP contribution in [0.3, 0.4) is 0 Å². The number of para-hydroxylation sites is 2. The Kier molecular flexibility index (Phi) is 7.61. The van der Waals surface area contributed by atoms with Crippen LogP contribution in [-0.2, 0) is 27.7 Å². The van der Waals surface area contributed by atoms with Crippen molar-refractivity contribution in [2.45, 2.75) is 36.8 Å². The van der Waals surface area contributed by atoms with Crippen molar-refractivity contribution in [1.82, 2.24) is 19.9 Å². The maximum atomic E-state index is 13.8. The van der Waals surface area contributed by atoms with Crippen molar-refractivity contribution in [3.63, 3.8) is 0 Å². The molecule has 11 heteroatoms. The minimum atomic E-state index is -4.11. The number of sulfonamides is 1. The predicted molar refractivity (Wildman–Crippen MR) is 159 cm³/mol. The zero-order valence-electron chi connectivity index (χ0n) is 22.1. The molecule has 3 aromatic carbocycles. The number of fused-ring (bicyclic) bond motifs is 2. The van der Waals surface area contributed by atoms with Crippen molar-refractivity contribution >= 4 is 55.5 Å². The summed E-state index contributed by atoms with van der Waals surface area (Å²) in [5, 5.41) is 3.38. The molecule has 2 N–H and O–H groups in total. The average molecular weight is 590 g/mol. The van der Waals surface area contributed by atoms with E-state index in [1.165, 1.54) is 24.3 Å². The molecule has 0 bridgehead atoms. The molecule has 1 fully saturated rings. The number of hydrogen-bond donors (Lipinski definition) is 2. The van der Waals surface area contributed by atoms with E-state index in [4.69, 9.17) is 26.3 Å². The standard InChI is InChI=1S/C30H28ClN5O4S/c31-21-12-14-23(15-13-21)41(38,39)35-28-26(30(37)32-17-16-20-7-2-1-3-8-20)27-29(36(28)19-22-9-6-18-40-22)34-25-11-5-4-10-24(25)33-27/h1-5,7-8,10-15,22,35H,6,9,16-19H2,(H,32,37). The van der Waals surface area contributed by atoms with Crippen molar-refractivity contribution in [3.8, 4) is 0 Å². The Morgan fingerprint density at radius 1 is 0.976 bits per heavy atom. The van der Waals surface area contributed by atoms with Crippen LogP contribution < -0.4 is 10.0 Å². The molecule has 1 aliphatic heterocycles. The third-order valence-electron chi connectivity index (χ3n) is 7.09. The van der Waals surface area contributed by atoms with Gasteiger partial charge in [0.05, 0.1) is 28.6 Å². The molecule has 1 aliphatic rings. The first-order valence-corrected chi connectivity index (χ1v) is 15.3. The lowest BCUT2D eigenvalue weighted by Gasteiger charge is -2.17. The van der Waals surface area contributed by atoms with Gasteiger partial charge in [-0.25, -0.2) is 18.4 Å². The molecule has 1 amide bonds. The number of nitrogens with zero attached hydrogens (tertiary/aromatic N) is 3. The van der Waals surface area contributed by atoms with Crippen molar-refractivity contribution in [2.24, 2.45) is 0 Å². The number of carbonyl (C=O) groups excluding carboxylic acids is 1. The second kappa shape index (κ2) is 11.5. The summed E-state index contributed by atoms with van der Waals surface area (Å²) in [5.74, 6) is -0.353. The summed E-state index contributed by atoms with van der Waals surface area (Å²) >= 11 is 6.00. The molecule has 41 heavy (non-hydrogen) atoms. The molecule has 5 aromatic rings. The fraction of sp³-hybridized carbons (Fsp3) is 0.233. The molecule has 0 aliphatic carbocycles. The van der Waals surface area contributed by atoms with Crippen molar-refractivity contribution in [2.75, 3.05) is 17.9 Å². The van der Waals surface area contributed by atoms with E-state index in [1.54, 1.807) is 4.57 Å². The molecule has 0 spiro atoms. The van der Waals surface area contributed by atoms with Gasteiger partial charge in [0.25, 0.3) is 15.9 Å². The predicted octanol–water partition coefficient (Wildman–Crippen LogP) is 5.19. The van der Waals surface area contributed by atoms with Gasteiger partial charge in [-0.3, -0.25) is 9.52 Å². The molecule has 3 heterocycles. The first kappa shape index (κ1) is 27.2. The monoisotopic (exact) mass is 589 g/mol. The number of carbonyl (C=O) groups is 1. The van der Waals surface area contributed by atoms with Gasteiger partial charge in [-0.05, 0) is 61.2 Å². The highest BCUT2D eigenvalue weighted by atomic mass is 35.5. The van der Waals surface area contributed by atoms with Crippen LogP contribution in [-0.4, -0.2) is 48.1 Å². The average Bonchev–Trinajstić information content (AvgIpc) is 3.59. The van der Waals surface area contributed by atoms with Crippen molar-refractivity contribution in [1.29, 1.82) is 0 Å². The van der Waals surface area contributed by atoms with Crippen LogP contribution in [0.25, 0.3) is 22.2 Å². The maximum Gasteiger partial charge on any atom is 0.263 e. The Labute approximate surface area is 242 Å². The fourth-order valence-electron chi connectivity index (χ4n) is 5.04. The minimum Gasteiger partial charge on any atom is -0.376 e. The summed E-state index contributed by atoms with van der Waals surface area (Å²) < 4.78 is 37.5. The van der Waals surface area contributed by atoms with Crippen molar-refractivity contribution < 1.29 is 17.9 Å². The highest BCUT2D eigenvalue weighted by Crippen LogP contribution is 2.33. The second-order valence-corrected chi connectivity index (χ2v) is 12.0. The third kappa shape index (κ3) is 5.76. The van der Waals surface area contributed by atoms with E-state index in [0.29, 0.717) is 53.3 Å². The molecular formula is C30H28ClN5O4S. The molecule has 2 aromatic heterocycles. The number of aromatic nitrogens is 3. The molecule has 0 radical (unpaired) electrons. The zero-order valence-corrected chi connectivity index (χ0v) is 23.7. The van der Waals surface area contributed by atoms with Gasteiger partial charge < -0.3 is 14.6 Å². The van der Waals surface area contributed by atoms with E-state index in [2.05, 4.69) is 10.0 Å². The molecule has 1 atom stereocenters. The Hall–Kier alpha value is -3.99. The van der Waals surface area contributed by atoms with Gasteiger partial charge in [0.2, 0.25) is 0 Å². The number of hydrogen-bond acceptors (Lipinski definition) is 6. The summed E-state index contributed by atoms with van der Waals surface area (Å²) in [6.45, 7) is 1.28. The molecule has 9 nitrogen and oxygen atoms in total. The van der Waals surface area contributed by atoms with E-state index < -0.39 is 15.9 Å². The van der Waals surface area contributed by atoms with Gasteiger partial charge >= 0.3 is 0 Å². The quantitative estimate of drug-likeness (QED) is 0.244. The van der Waals surface area contributed by atoms with E-state index in [1.807, 2.05) is 54.6 Å². The highest BCUT2D eigenvalue weighted by Gasteiger charge is 2.31. The van der Waals surface area contributed by atoms with Gasteiger partial charge in [-0.1, -0.05) is 54.1 Å². The SMILES string of the molecule is O=C(NCCc1ccccc1)c1c(NS(=O)(=O)c2ccc(Cl)cc2)n(CC2CCCO2)c2nc3ccccc3nc12. The first-order valence-electron chi connectivity index (χ1n) is 13.4. The van der Waals surface area contributed by atoms with Crippen LogP contribution in [0.5, 0.6) is 0 Å². The van der Waals surface area contributed by atoms with E-state index in [-0.39, 0.29) is 22.4 Å². The van der Waals surface area contributed by atoms with Gasteiger partial charge in [0, 0.05) is 18.2 Å². The second-order valence-electron chi connectivity index (χ2n) is 9.90. The molecular weight excluding hydrogens is 562 g/mol. The minimum absolute atomic E-state index is 0.0114. The van der Waals surface area contributed by atoms with Crippen LogP contribution in [0.1, 0.15) is 28.8 Å². The molecule has 210 valence electrons. The summed E-state index contributed by atoms with van der Waals surface area (Å²) in [5.41, 5.74) is 3.13. The summed E-state index contributed by atoms with van der Waals surface area (Å²) in [6, 6.07) is 23.0. The lowest BCUT2D eigenvalue weighted by molar-refractivity contribution is 0.0949. The molecule has 1 unspecified atom stereocenters. The van der Waals surface area contributed by atoms with Crippen molar-refractivity contribution in [3.05, 3.63) is 95.0 Å². The van der Waals surface area contributed by atoms with Gasteiger partial charge in [-0.2, -0.15) is 0 Å². The normalized spacial score (nSPS) is 15.4. The number of halogens is 1. The van der Waals surface area contributed by atoms with Crippen LogP contribution in [0.4, 0.5) is 5.82 Å². The molecule has 1 saturated heterocycles. The van der Waals surface area contributed by atoms with Crippen LogP contribution in [0.15, 0.2) is 83.8 Å². The lowest BCUT2D eigenvalue weighted by Crippen LogP contribution is -2.28. The van der Waals surface area contributed by atoms with Crippen LogP contribution in [0, 0.1) is 0 Å². The Balaban J connectivity index is 1.48. The highest BCUT2D eigenvalue weighted by molar-refractivity contribution is 7.92. The first-order chi connectivity index (χ1) is 19.9. The van der Waals surface area contributed by atoms with Crippen LogP contribution >= 0.6 is 11.6 Å². The fourth-order valence-corrected chi connectivity index (χ4v) is 6.25. The Bertz CT molecular complexity index is 1820. The number of ether oxygens (including phenoxy) is 1. The summed E-state index contributed by atoms with van der Waals surface area (Å²) in [6.07, 6.45) is 2.16. The largest absolute Gasteiger partial charge is 0.376 e. The van der Waals surface area contributed by atoms with Crippen LogP contribution in [0.2, 0.25) is 5.02 Å². The number of nitrogens with one attached hydrogen (secondary N) is 2. The van der Waals surface area contributed by atoms with E-state index in [9.17, 15) is 13.2 Å². The molecule has 0 saturated carbocycles. The molecule has 6 rings (SSSR count). The summed E-state index contributed by atoms with van der Waals surface area (Å²) in [4.78, 5) is 23.5. The topological polar surface area (TPSA) is 115 Å². The summed E-state index contributed by atoms with van der Waals surface area (Å²) in [7, 11) is -4.11. The third-order valence-corrected chi connectivity index (χ3v) is 8.69. The van der Waals surface area contributed by atoms with Gasteiger partial charge in [0.15, 0.2) is 5.65 Å². The zero-order chi connectivity index (χ0) is 28.4. The maximum absolute atomic E-state index is 13.8. The smallest absolute Gasteiger partial charge is 0.263 e. The number of rotatable bonds is 9.